The van der Waals surface area contributed by atoms with E-state index >= 15 is 0 Å². The van der Waals surface area contributed by atoms with Gasteiger partial charge in [0.25, 0.3) is 5.91 Å². The van der Waals surface area contributed by atoms with Crippen molar-refractivity contribution < 1.29 is 32.2 Å². The third-order valence-corrected chi connectivity index (χ3v) is 8.37. The van der Waals surface area contributed by atoms with Crippen molar-refractivity contribution in [3.05, 3.63) is 81.5 Å². The summed E-state index contributed by atoms with van der Waals surface area (Å²) in [5, 5.41) is 3.44. The average molecular weight is 611 g/mol. The highest BCUT2D eigenvalue weighted by molar-refractivity contribution is 5.98. The fraction of sp³-hybridized carbons (Fsp3) is 0.429. The lowest BCUT2D eigenvalue weighted by atomic mass is 9.85. The Balaban J connectivity index is 1.42. The number of ketones is 1. The highest BCUT2D eigenvalue weighted by Gasteiger charge is 2.27. The van der Waals surface area contributed by atoms with E-state index in [0.29, 0.717) is 29.3 Å². The third-order valence-electron chi connectivity index (χ3n) is 8.37. The van der Waals surface area contributed by atoms with Crippen LogP contribution in [0.1, 0.15) is 60.9 Å². The van der Waals surface area contributed by atoms with Gasteiger partial charge < -0.3 is 19.7 Å². The van der Waals surface area contributed by atoms with E-state index in [-0.39, 0.29) is 42.0 Å². The molecule has 2 aromatic rings. The molecule has 2 unspecified atom stereocenters. The van der Waals surface area contributed by atoms with Gasteiger partial charge in [-0.3, -0.25) is 9.59 Å². The second kappa shape index (κ2) is 15.7. The van der Waals surface area contributed by atoms with Crippen molar-refractivity contribution in [1.82, 2.24) is 10.2 Å². The number of ether oxygens (including phenoxy) is 2. The average Bonchev–Trinajstić information content (AvgIpc) is 3.24. The van der Waals surface area contributed by atoms with Gasteiger partial charge in [0, 0.05) is 44.6 Å². The number of rotatable bonds is 12. The molecule has 236 valence electrons. The Morgan fingerprint density at radius 2 is 1.84 bits per heavy atom. The summed E-state index contributed by atoms with van der Waals surface area (Å²) in [7, 11) is 3.37. The number of alkyl halides is 2. The highest BCUT2D eigenvalue weighted by atomic mass is 19.3. The molecule has 1 fully saturated rings. The Kier molecular flexibility index (Phi) is 11.8. The zero-order valence-corrected chi connectivity index (χ0v) is 25.4. The monoisotopic (exact) mass is 610 g/mol. The van der Waals surface area contributed by atoms with Gasteiger partial charge in [-0.05, 0) is 84.6 Å². The van der Waals surface area contributed by atoms with Gasteiger partial charge in [0.15, 0.2) is 5.78 Å². The first-order valence-corrected chi connectivity index (χ1v) is 15.1. The topological polar surface area (TPSA) is 67.9 Å². The van der Waals surface area contributed by atoms with Crippen LogP contribution in [0.15, 0.2) is 54.1 Å². The Bertz CT molecular complexity index is 1490. The largest absolute Gasteiger partial charge is 0.433 e. The molecule has 1 saturated carbocycles. The van der Waals surface area contributed by atoms with Crippen LogP contribution in [0.4, 0.5) is 13.2 Å². The normalized spacial score (nSPS) is 19.2. The van der Waals surface area contributed by atoms with Crippen molar-refractivity contribution in [2.75, 3.05) is 33.9 Å². The summed E-state index contributed by atoms with van der Waals surface area (Å²) in [5.41, 5.74) is 2.93. The standard InChI is InChI=1S/C35H41F3N2O4/c1-23-7-18-30(34(42)39-19-20-43-3)33(44-35(37)38)31(23)22-40(2)21-24-5-4-6-27(9-8-24)32(41)28-12-10-25(11-13-28)26-14-16-29(36)17-15-26/h7,10,12,14-18,22,24,27,35H,1,4-6,8-9,11,13,19-21H2,2-3H3,(H,39,42). The van der Waals surface area contributed by atoms with Gasteiger partial charge in [0.2, 0.25) is 0 Å². The van der Waals surface area contributed by atoms with Crippen LogP contribution in [0, 0.1) is 17.7 Å². The Labute approximate surface area is 256 Å². The quantitative estimate of drug-likeness (QED) is 0.256. The Hall–Kier alpha value is -3.85. The van der Waals surface area contributed by atoms with Crippen LogP contribution in [-0.2, 0) is 9.53 Å². The van der Waals surface area contributed by atoms with E-state index in [9.17, 15) is 22.8 Å². The fourth-order valence-electron chi connectivity index (χ4n) is 6.05. The van der Waals surface area contributed by atoms with E-state index in [1.807, 2.05) is 24.1 Å². The Morgan fingerprint density at radius 3 is 2.52 bits per heavy atom. The number of hydrogen-bond donors (Lipinski definition) is 1. The molecule has 0 saturated heterocycles. The molecular weight excluding hydrogens is 569 g/mol. The number of halogens is 3. The maximum Gasteiger partial charge on any atom is 0.387 e. The molecule has 0 spiro atoms. The number of hydrogen-bond acceptors (Lipinski definition) is 5. The van der Waals surface area contributed by atoms with Crippen molar-refractivity contribution in [3.8, 4) is 5.75 Å². The molecule has 0 bridgehead atoms. The number of carbonyl (C=O) groups is 2. The minimum atomic E-state index is -3.11. The van der Waals surface area contributed by atoms with Gasteiger partial charge in [-0.25, -0.2) is 4.39 Å². The van der Waals surface area contributed by atoms with E-state index in [4.69, 9.17) is 9.47 Å². The molecule has 6 nitrogen and oxygen atoms in total. The lowest BCUT2D eigenvalue weighted by Crippen LogP contribution is -2.35. The first-order valence-electron chi connectivity index (χ1n) is 15.1. The first kappa shape index (κ1) is 33.1. The predicted octanol–water partition coefficient (Wildman–Crippen LogP) is 5.45. The summed E-state index contributed by atoms with van der Waals surface area (Å²) in [6.07, 6.45) is 11.4. The van der Waals surface area contributed by atoms with Crippen LogP contribution in [0.3, 0.4) is 0 Å². The fourth-order valence-corrected chi connectivity index (χ4v) is 6.05. The van der Waals surface area contributed by atoms with Crippen molar-refractivity contribution in [1.29, 1.82) is 0 Å². The SMILES string of the molecule is C=c1ccc(C(=O)NCCOC)c(OC(F)F)c1=CN(C)CC1CCCC(C(=O)C2=CC=C(c3ccc(F)cc3)CC2)CC1. The number of nitrogens with one attached hydrogen (secondary N) is 1. The van der Waals surface area contributed by atoms with Crippen molar-refractivity contribution in [3.63, 3.8) is 0 Å². The molecule has 2 aromatic carbocycles. The predicted molar refractivity (Wildman–Crippen MR) is 166 cm³/mol. The molecule has 0 heterocycles. The summed E-state index contributed by atoms with van der Waals surface area (Å²) < 4.78 is 49.9. The van der Waals surface area contributed by atoms with Crippen molar-refractivity contribution in [2.45, 2.75) is 51.6 Å². The molecule has 2 atom stereocenters. The molecule has 2 aliphatic carbocycles. The molecule has 2 aliphatic rings. The zero-order chi connectivity index (χ0) is 31.6. The lowest BCUT2D eigenvalue weighted by molar-refractivity contribution is -0.119. The number of benzene rings is 2. The summed E-state index contributed by atoms with van der Waals surface area (Å²) in [4.78, 5) is 28.1. The highest BCUT2D eigenvalue weighted by Crippen LogP contribution is 2.33. The number of Topliss-reactive ketones (excluding diaryl/α,β-unsaturated/α-hetero) is 1. The first-order chi connectivity index (χ1) is 21.2. The minimum absolute atomic E-state index is 0.000854. The number of amides is 1. The minimum Gasteiger partial charge on any atom is -0.433 e. The van der Waals surface area contributed by atoms with E-state index in [0.717, 1.165) is 55.2 Å². The summed E-state index contributed by atoms with van der Waals surface area (Å²) in [6.45, 7) is 2.04. The summed E-state index contributed by atoms with van der Waals surface area (Å²) in [6, 6.07) is 9.49. The number of nitrogens with zero attached hydrogens (tertiary/aromatic N) is 1. The second-order valence-electron chi connectivity index (χ2n) is 11.5. The van der Waals surface area contributed by atoms with Crippen LogP contribution in [0.25, 0.3) is 18.4 Å². The van der Waals surface area contributed by atoms with Gasteiger partial charge in [0.1, 0.15) is 11.6 Å². The summed E-state index contributed by atoms with van der Waals surface area (Å²) in [5.74, 6) is -0.503. The van der Waals surface area contributed by atoms with Crippen molar-refractivity contribution >= 4 is 30.0 Å². The molecule has 4 rings (SSSR count). The maximum atomic E-state index is 13.4. The van der Waals surface area contributed by atoms with Gasteiger partial charge in [-0.15, -0.1) is 0 Å². The number of carbonyl (C=O) groups excluding carboxylic acids is 2. The van der Waals surface area contributed by atoms with E-state index in [1.54, 1.807) is 24.4 Å². The van der Waals surface area contributed by atoms with Gasteiger partial charge >= 0.3 is 6.61 Å². The number of allylic oxidation sites excluding steroid dienone is 4. The molecular formula is C35H41F3N2O4. The van der Waals surface area contributed by atoms with E-state index < -0.39 is 12.5 Å². The van der Waals surface area contributed by atoms with Crippen LogP contribution >= 0.6 is 0 Å². The molecule has 1 N–H and O–H groups in total. The zero-order valence-electron chi connectivity index (χ0n) is 25.4. The molecule has 0 aromatic heterocycles. The van der Waals surface area contributed by atoms with Gasteiger partial charge in [0.05, 0.1) is 12.2 Å². The molecule has 44 heavy (non-hydrogen) atoms. The van der Waals surface area contributed by atoms with Crippen LogP contribution in [0.2, 0.25) is 0 Å². The maximum absolute atomic E-state index is 13.4. The molecule has 1 amide bonds. The molecule has 0 aliphatic heterocycles. The van der Waals surface area contributed by atoms with Crippen LogP contribution in [0.5, 0.6) is 5.75 Å². The van der Waals surface area contributed by atoms with E-state index in [1.165, 1.54) is 25.3 Å². The molecule has 9 heteroatoms. The lowest BCUT2D eigenvalue weighted by Gasteiger charge is -2.22. The van der Waals surface area contributed by atoms with Gasteiger partial charge in [-0.1, -0.05) is 43.4 Å². The third kappa shape index (κ3) is 8.85. The van der Waals surface area contributed by atoms with Crippen LogP contribution < -0.4 is 20.5 Å². The smallest absolute Gasteiger partial charge is 0.387 e. The Morgan fingerprint density at radius 1 is 1.07 bits per heavy atom. The van der Waals surface area contributed by atoms with Crippen molar-refractivity contribution in [2.24, 2.45) is 11.8 Å². The van der Waals surface area contributed by atoms with Crippen LogP contribution in [-0.4, -0.2) is 57.1 Å². The van der Waals surface area contributed by atoms with Gasteiger partial charge in [-0.2, -0.15) is 8.78 Å². The molecule has 0 radical (unpaired) electrons. The summed E-state index contributed by atoms with van der Waals surface area (Å²) >= 11 is 0. The number of methoxy groups -OCH3 is 1. The second-order valence-corrected chi connectivity index (χ2v) is 11.5. The van der Waals surface area contributed by atoms with E-state index in [2.05, 4.69) is 11.9 Å².